The van der Waals surface area contributed by atoms with Crippen molar-refractivity contribution in [2.45, 2.75) is 37.5 Å². The highest BCUT2D eigenvalue weighted by Crippen LogP contribution is 2.33. The summed E-state index contributed by atoms with van der Waals surface area (Å²) in [6.45, 7) is 2.20. The number of hydrogen-bond donors (Lipinski definition) is 1. The lowest BCUT2D eigenvalue weighted by Crippen LogP contribution is -2.34. The molecule has 1 aromatic carbocycles. The number of amidine groups is 1. The second-order valence-electron chi connectivity index (χ2n) is 7.20. The summed E-state index contributed by atoms with van der Waals surface area (Å²) < 4.78 is 28.2. The van der Waals surface area contributed by atoms with Crippen LogP contribution in [0.2, 0.25) is 0 Å². The third-order valence-corrected chi connectivity index (χ3v) is 7.58. The molecule has 1 unspecified atom stereocenters. The Morgan fingerprint density at radius 3 is 2.93 bits per heavy atom. The van der Waals surface area contributed by atoms with Gasteiger partial charge in [0.1, 0.15) is 4.90 Å². The second-order valence-corrected chi connectivity index (χ2v) is 9.85. The summed E-state index contributed by atoms with van der Waals surface area (Å²) in [7, 11) is -2.04. The summed E-state index contributed by atoms with van der Waals surface area (Å²) in [6, 6.07) is 6.65. The Morgan fingerprint density at radius 1 is 1.36 bits per heavy atom. The number of nitrogens with one attached hydrogen (secondary N) is 1. The first-order valence-corrected chi connectivity index (χ1v) is 11.6. The number of likely N-dealkylation sites (N-methyl/N-ethyl adjacent to an activating group) is 1. The number of benzene rings is 1. The molecule has 2 aliphatic rings. The molecule has 0 fully saturated rings. The lowest BCUT2D eigenvalue weighted by atomic mass is 9.89. The van der Waals surface area contributed by atoms with Gasteiger partial charge in [-0.15, -0.1) is 15.7 Å². The van der Waals surface area contributed by atoms with Crippen molar-refractivity contribution in [2.24, 2.45) is 10.3 Å². The normalized spacial score (nSPS) is 19.5. The molecule has 0 saturated carbocycles. The van der Waals surface area contributed by atoms with Gasteiger partial charge in [-0.1, -0.05) is 25.5 Å². The average molecular weight is 419 g/mol. The fourth-order valence-electron chi connectivity index (χ4n) is 3.66. The minimum Gasteiger partial charge on any atom is -0.349 e. The summed E-state index contributed by atoms with van der Waals surface area (Å²) in [4.78, 5) is 20.1. The standard InChI is InChI=1S/C19H22N4O3S2/c1-3-12-8-9-14-15(10-12)27-19(20-14)21-17(24)11-23(2)18-13-6-4-5-7-16(13)28(25,26)22-18/h4-7,12H,3,8-11H2,1-2H3,(H,20,21,24). The van der Waals surface area contributed by atoms with Gasteiger partial charge in [-0.3, -0.25) is 4.79 Å². The third kappa shape index (κ3) is 3.56. The molecule has 1 N–H and O–H groups in total. The van der Waals surface area contributed by atoms with E-state index in [1.807, 2.05) is 0 Å². The SMILES string of the molecule is CCC1CCc2nc(NC(=O)CN(C)C3=NS(=O)(=O)c4ccccc43)sc2C1. The highest BCUT2D eigenvalue weighted by molar-refractivity contribution is 7.90. The highest BCUT2D eigenvalue weighted by Gasteiger charge is 2.31. The van der Waals surface area contributed by atoms with Crippen LogP contribution in [0.1, 0.15) is 35.9 Å². The molecule has 148 valence electrons. The number of hydrogen-bond acceptors (Lipinski definition) is 6. The summed E-state index contributed by atoms with van der Waals surface area (Å²) in [6.07, 6.45) is 4.31. The first-order chi connectivity index (χ1) is 13.4. The van der Waals surface area contributed by atoms with E-state index in [0.717, 1.165) is 31.4 Å². The molecule has 1 amide bonds. The molecule has 1 aliphatic heterocycles. The van der Waals surface area contributed by atoms with Crippen molar-refractivity contribution in [1.82, 2.24) is 9.88 Å². The summed E-state index contributed by atoms with van der Waals surface area (Å²) in [5.74, 6) is 0.741. The summed E-state index contributed by atoms with van der Waals surface area (Å²) in [5, 5.41) is 3.47. The zero-order valence-corrected chi connectivity index (χ0v) is 17.4. The molecule has 1 aliphatic carbocycles. The number of fused-ring (bicyclic) bond motifs is 2. The van der Waals surface area contributed by atoms with Crippen molar-refractivity contribution >= 4 is 38.2 Å². The zero-order valence-electron chi connectivity index (χ0n) is 15.8. The number of nitrogens with zero attached hydrogens (tertiary/aromatic N) is 3. The Kier molecular flexibility index (Phi) is 4.96. The van der Waals surface area contributed by atoms with E-state index < -0.39 is 10.0 Å². The number of amides is 1. The van der Waals surface area contributed by atoms with Crippen LogP contribution >= 0.6 is 11.3 Å². The smallest absolute Gasteiger partial charge is 0.285 e. The molecule has 0 bridgehead atoms. The molecule has 1 atom stereocenters. The topological polar surface area (TPSA) is 91.7 Å². The van der Waals surface area contributed by atoms with E-state index in [1.54, 1.807) is 41.5 Å². The van der Waals surface area contributed by atoms with Gasteiger partial charge < -0.3 is 10.2 Å². The van der Waals surface area contributed by atoms with E-state index in [1.165, 1.54) is 10.9 Å². The highest BCUT2D eigenvalue weighted by atomic mass is 32.2. The van der Waals surface area contributed by atoms with Gasteiger partial charge in [0.25, 0.3) is 10.0 Å². The minimum atomic E-state index is -3.70. The van der Waals surface area contributed by atoms with Crippen LogP contribution in [0, 0.1) is 5.92 Å². The Morgan fingerprint density at radius 2 is 2.14 bits per heavy atom. The molecule has 7 nitrogen and oxygen atoms in total. The summed E-state index contributed by atoms with van der Waals surface area (Å²) in [5.41, 5.74) is 1.62. The number of aromatic nitrogens is 1. The van der Waals surface area contributed by atoms with E-state index >= 15 is 0 Å². The fraction of sp³-hybridized carbons (Fsp3) is 0.421. The van der Waals surface area contributed by atoms with E-state index in [4.69, 9.17) is 0 Å². The molecule has 28 heavy (non-hydrogen) atoms. The van der Waals surface area contributed by atoms with Gasteiger partial charge in [-0.25, -0.2) is 4.98 Å². The second kappa shape index (κ2) is 7.29. The number of carbonyl (C=O) groups is 1. The molecule has 9 heteroatoms. The van der Waals surface area contributed by atoms with Crippen LogP contribution in [0.3, 0.4) is 0 Å². The van der Waals surface area contributed by atoms with Crippen molar-refractivity contribution in [3.63, 3.8) is 0 Å². The van der Waals surface area contributed by atoms with Crippen molar-refractivity contribution in [3.8, 4) is 0 Å². The number of carbonyl (C=O) groups excluding carboxylic acids is 1. The van der Waals surface area contributed by atoms with E-state index in [2.05, 4.69) is 21.6 Å². The number of anilines is 1. The molecular weight excluding hydrogens is 396 g/mol. The average Bonchev–Trinajstić information content (AvgIpc) is 3.18. The number of sulfonamides is 1. The molecule has 0 radical (unpaired) electrons. The summed E-state index contributed by atoms with van der Waals surface area (Å²) >= 11 is 1.54. The van der Waals surface area contributed by atoms with Crippen molar-refractivity contribution in [3.05, 3.63) is 40.4 Å². The molecule has 0 spiro atoms. The monoisotopic (exact) mass is 418 g/mol. The van der Waals surface area contributed by atoms with Crippen LogP contribution in [0.15, 0.2) is 33.6 Å². The maximum absolute atomic E-state index is 12.5. The van der Waals surface area contributed by atoms with E-state index in [0.29, 0.717) is 16.6 Å². The Balaban J connectivity index is 1.45. The van der Waals surface area contributed by atoms with Crippen molar-refractivity contribution in [2.75, 3.05) is 18.9 Å². The first-order valence-electron chi connectivity index (χ1n) is 9.31. The molecular formula is C19H22N4O3S2. The first kappa shape index (κ1) is 19.1. The van der Waals surface area contributed by atoms with Gasteiger partial charge in [0, 0.05) is 17.5 Å². The van der Waals surface area contributed by atoms with Gasteiger partial charge in [0.15, 0.2) is 11.0 Å². The third-order valence-electron chi connectivity index (χ3n) is 5.22. The van der Waals surface area contributed by atoms with Crippen LogP contribution in [-0.2, 0) is 27.7 Å². The largest absolute Gasteiger partial charge is 0.349 e. The number of thiazole rings is 1. The van der Waals surface area contributed by atoms with Crippen LogP contribution in [0.5, 0.6) is 0 Å². The Labute approximate surface area is 168 Å². The van der Waals surface area contributed by atoms with Gasteiger partial charge in [-0.2, -0.15) is 8.42 Å². The van der Waals surface area contributed by atoms with Gasteiger partial charge in [-0.05, 0) is 37.3 Å². The van der Waals surface area contributed by atoms with Crippen molar-refractivity contribution < 1.29 is 13.2 Å². The van der Waals surface area contributed by atoms with Crippen LogP contribution in [0.4, 0.5) is 5.13 Å². The predicted octanol–water partition coefficient (Wildman–Crippen LogP) is 2.68. The Bertz CT molecular complexity index is 1060. The van der Waals surface area contributed by atoms with E-state index in [-0.39, 0.29) is 23.2 Å². The number of aryl methyl sites for hydroxylation is 1. The molecule has 2 aromatic rings. The predicted molar refractivity (Wildman–Crippen MR) is 109 cm³/mol. The van der Waals surface area contributed by atoms with Gasteiger partial charge in [0.05, 0.1) is 12.2 Å². The lowest BCUT2D eigenvalue weighted by molar-refractivity contribution is -0.116. The van der Waals surface area contributed by atoms with Gasteiger partial charge in [0.2, 0.25) is 5.91 Å². The maximum atomic E-state index is 12.5. The molecule has 4 rings (SSSR count). The minimum absolute atomic E-state index is 0.00941. The zero-order chi connectivity index (χ0) is 19.9. The Hall–Kier alpha value is -2.26. The van der Waals surface area contributed by atoms with Gasteiger partial charge >= 0.3 is 0 Å². The maximum Gasteiger partial charge on any atom is 0.285 e. The molecule has 2 heterocycles. The van der Waals surface area contributed by atoms with Crippen LogP contribution in [0.25, 0.3) is 0 Å². The van der Waals surface area contributed by atoms with Crippen LogP contribution in [-0.4, -0.2) is 43.6 Å². The lowest BCUT2D eigenvalue weighted by Gasteiger charge is -2.18. The number of rotatable bonds is 4. The van der Waals surface area contributed by atoms with E-state index in [9.17, 15) is 13.2 Å². The fourth-order valence-corrected chi connectivity index (χ4v) is 6.05. The van der Waals surface area contributed by atoms with Crippen molar-refractivity contribution in [1.29, 1.82) is 0 Å². The molecule has 1 aromatic heterocycles. The molecule has 0 saturated heterocycles. The quantitative estimate of drug-likeness (QED) is 0.824. The van der Waals surface area contributed by atoms with Crippen LogP contribution < -0.4 is 5.32 Å².